The molecule has 2 aromatic rings. The second-order valence-electron chi connectivity index (χ2n) is 3.21. The summed E-state index contributed by atoms with van der Waals surface area (Å²) in [5.41, 5.74) is 3.74. The van der Waals surface area contributed by atoms with Crippen molar-refractivity contribution in [3.63, 3.8) is 0 Å². The highest BCUT2D eigenvalue weighted by Crippen LogP contribution is 2.14. The number of aromatic nitrogens is 1. The topological polar surface area (TPSA) is 4.93 Å². The fourth-order valence-corrected chi connectivity index (χ4v) is 1.60. The average Bonchev–Trinajstić information content (AvgIpc) is 2.48. The Morgan fingerprint density at radius 1 is 0.923 bits per heavy atom. The summed E-state index contributed by atoms with van der Waals surface area (Å²) in [5, 5.41) is 0. The van der Waals surface area contributed by atoms with Gasteiger partial charge in [0.25, 0.3) is 0 Å². The van der Waals surface area contributed by atoms with E-state index in [0.717, 1.165) is 0 Å². The fourth-order valence-electron chi connectivity index (χ4n) is 1.60. The van der Waals surface area contributed by atoms with Gasteiger partial charge in [0.1, 0.15) is 0 Å². The van der Waals surface area contributed by atoms with Gasteiger partial charge in [0, 0.05) is 17.1 Å². The summed E-state index contributed by atoms with van der Waals surface area (Å²) in [5.74, 6) is 0. The summed E-state index contributed by atoms with van der Waals surface area (Å²) in [4.78, 5) is 0. The van der Waals surface area contributed by atoms with E-state index in [9.17, 15) is 0 Å². The molecule has 1 radical (unpaired) electrons. The normalized spacial score (nSPS) is 10.3. The van der Waals surface area contributed by atoms with Gasteiger partial charge in [-0.15, -0.1) is 0 Å². The van der Waals surface area contributed by atoms with Gasteiger partial charge in [-0.1, -0.05) is 12.1 Å². The molecule has 0 fully saturated rings. The van der Waals surface area contributed by atoms with Crippen LogP contribution in [-0.2, 0) is 0 Å². The number of nitrogens with zero attached hydrogens (tertiary/aromatic N) is 1. The molecule has 1 aromatic carbocycles. The average molecular weight is 170 g/mol. The molecule has 1 aromatic heterocycles. The van der Waals surface area contributed by atoms with Gasteiger partial charge in [-0.05, 0) is 44.2 Å². The van der Waals surface area contributed by atoms with Gasteiger partial charge in [-0.3, -0.25) is 0 Å². The molecule has 1 heterocycles. The Morgan fingerprint density at radius 3 is 2.00 bits per heavy atom. The molecule has 0 N–H and O–H groups in total. The minimum atomic E-state index is 1.21. The van der Waals surface area contributed by atoms with Crippen molar-refractivity contribution in [2.75, 3.05) is 0 Å². The van der Waals surface area contributed by atoms with Crippen molar-refractivity contribution in [1.29, 1.82) is 0 Å². The Bertz CT molecular complexity index is 379. The molecule has 0 aliphatic rings. The molecular weight excluding hydrogens is 158 g/mol. The van der Waals surface area contributed by atoms with Crippen LogP contribution in [-0.4, -0.2) is 4.57 Å². The van der Waals surface area contributed by atoms with Crippen molar-refractivity contribution in [1.82, 2.24) is 4.57 Å². The van der Waals surface area contributed by atoms with Gasteiger partial charge in [-0.25, -0.2) is 0 Å². The number of hydrogen-bond acceptors (Lipinski definition) is 0. The van der Waals surface area contributed by atoms with Crippen molar-refractivity contribution < 1.29 is 0 Å². The highest BCUT2D eigenvalue weighted by molar-refractivity contribution is 5.36. The molecular formula is C12H12N. The Hall–Kier alpha value is -1.50. The van der Waals surface area contributed by atoms with E-state index in [1.807, 2.05) is 12.1 Å². The summed E-state index contributed by atoms with van der Waals surface area (Å²) in [7, 11) is 0. The van der Waals surface area contributed by atoms with E-state index in [1.165, 1.54) is 17.1 Å². The van der Waals surface area contributed by atoms with Gasteiger partial charge < -0.3 is 4.57 Å². The third-order valence-electron chi connectivity index (χ3n) is 2.23. The first-order chi connectivity index (χ1) is 6.29. The molecule has 65 valence electrons. The SMILES string of the molecule is Cc1ccc(C)n1-c1cc[c]cc1. The molecule has 1 heteroatoms. The maximum atomic E-state index is 3.02. The van der Waals surface area contributed by atoms with E-state index < -0.39 is 0 Å². The lowest BCUT2D eigenvalue weighted by Gasteiger charge is -2.08. The van der Waals surface area contributed by atoms with E-state index >= 15 is 0 Å². The second kappa shape index (κ2) is 3.09. The maximum absolute atomic E-state index is 3.02. The van der Waals surface area contributed by atoms with E-state index in [2.05, 4.69) is 48.7 Å². The first-order valence-corrected chi connectivity index (χ1v) is 4.40. The molecule has 13 heavy (non-hydrogen) atoms. The Morgan fingerprint density at radius 2 is 1.46 bits per heavy atom. The summed E-state index contributed by atoms with van der Waals surface area (Å²) in [6.07, 6.45) is 0. The molecule has 0 unspecified atom stereocenters. The van der Waals surface area contributed by atoms with Crippen LogP contribution in [0.3, 0.4) is 0 Å². The number of rotatable bonds is 1. The minimum absolute atomic E-state index is 1.21. The lowest BCUT2D eigenvalue weighted by molar-refractivity contribution is 0.966. The van der Waals surface area contributed by atoms with Crippen LogP contribution in [0.15, 0.2) is 36.4 Å². The van der Waals surface area contributed by atoms with Crippen LogP contribution in [0.4, 0.5) is 0 Å². The Balaban J connectivity index is 2.59. The zero-order valence-electron chi connectivity index (χ0n) is 7.91. The lowest BCUT2D eigenvalue weighted by atomic mass is 10.3. The van der Waals surface area contributed by atoms with Gasteiger partial charge in [0.15, 0.2) is 0 Å². The zero-order chi connectivity index (χ0) is 9.26. The predicted octanol–water partition coefficient (Wildman–Crippen LogP) is 2.89. The smallest absolute Gasteiger partial charge is 0.0455 e. The lowest BCUT2D eigenvalue weighted by Crippen LogP contribution is -1.97. The maximum Gasteiger partial charge on any atom is 0.0455 e. The molecule has 0 saturated heterocycles. The number of hydrogen-bond donors (Lipinski definition) is 0. The zero-order valence-corrected chi connectivity index (χ0v) is 7.91. The van der Waals surface area contributed by atoms with Crippen LogP contribution in [0.1, 0.15) is 11.4 Å². The van der Waals surface area contributed by atoms with Gasteiger partial charge in [-0.2, -0.15) is 0 Å². The van der Waals surface area contributed by atoms with Crippen LogP contribution in [0.2, 0.25) is 0 Å². The Labute approximate surface area is 78.6 Å². The van der Waals surface area contributed by atoms with Crippen LogP contribution < -0.4 is 0 Å². The first kappa shape index (κ1) is 8.11. The monoisotopic (exact) mass is 170 g/mol. The first-order valence-electron chi connectivity index (χ1n) is 4.40. The molecule has 0 atom stereocenters. The number of aryl methyl sites for hydroxylation is 2. The summed E-state index contributed by atoms with van der Waals surface area (Å²) < 4.78 is 2.23. The number of benzene rings is 1. The standard InChI is InChI=1S/C12H12N/c1-10-8-9-11(2)13(10)12-6-4-3-5-7-12/h4-9H,1-2H3. The summed E-state index contributed by atoms with van der Waals surface area (Å²) >= 11 is 0. The van der Waals surface area contributed by atoms with E-state index in [-0.39, 0.29) is 0 Å². The molecule has 0 bridgehead atoms. The van der Waals surface area contributed by atoms with Crippen LogP contribution in [0.25, 0.3) is 5.69 Å². The second-order valence-corrected chi connectivity index (χ2v) is 3.21. The molecule has 0 saturated carbocycles. The summed E-state index contributed by atoms with van der Waals surface area (Å²) in [6.45, 7) is 4.23. The molecule has 1 nitrogen and oxygen atoms in total. The molecule has 0 amide bonds. The van der Waals surface area contributed by atoms with Crippen LogP contribution in [0.5, 0.6) is 0 Å². The predicted molar refractivity (Wildman–Crippen MR) is 54.1 cm³/mol. The highest BCUT2D eigenvalue weighted by atomic mass is 15.0. The quantitative estimate of drug-likeness (QED) is 0.620. The molecule has 2 rings (SSSR count). The molecule has 0 aliphatic carbocycles. The van der Waals surface area contributed by atoms with Crippen molar-refractivity contribution in [3.8, 4) is 5.69 Å². The van der Waals surface area contributed by atoms with Gasteiger partial charge >= 0.3 is 0 Å². The van der Waals surface area contributed by atoms with E-state index in [0.29, 0.717) is 0 Å². The summed E-state index contributed by atoms with van der Waals surface area (Å²) in [6, 6.07) is 15.3. The largest absolute Gasteiger partial charge is 0.319 e. The van der Waals surface area contributed by atoms with Crippen molar-refractivity contribution in [3.05, 3.63) is 53.9 Å². The van der Waals surface area contributed by atoms with E-state index in [4.69, 9.17) is 0 Å². The Kier molecular flexibility index (Phi) is 1.93. The fraction of sp³-hybridized carbons (Fsp3) is 0.167. The van der Waals surface area contributed by atoms with Crippen molar-refractivity contribution >= 4 is 0 Å². The van der Waals surface area contributed by atoms with Crippen LogP contribution >= 0.6 is 0 Å². The third kappa shape index (κ3) is 1.37. The van der Waals surface area contributed by atoms with Crippen molar-refractivity contribution in [2.24, 2.45) is 0 Å². The minimum Gasteiger partial charge on any atom is -0.319 e. The van der Waals surface area contributed by atoms with Crippen LogP contribution in [0, 0.1) is 19.9 Å². The van der Waals surface area contributed by atoms with Gasteiger partial charge in [0.05, 0.1) is 0 Å². The van der Waals surface area contributed by atoms with Crippen molar-refractivity contribution in [2.45, 2.75) is 13.8 Å². The van der Waals surface area contributed by atoms with E-state index in [1.54, 1.807) is 0 Å². The molecule has 0 aliphatic heterocycles. The third-order valence-corrected chi connectivity index (χ3v) is 2.23. The van der Waals surface area contributed by atoms with Gasteiger partial charge in [0.2, 0.25) is 0 Å². The molecule has 0 spiro atoms. The highest BCUT2D eigenvalue weighted by Gasteiger charge is 2.01.